The number of carbonyl (C=O) groups excluding carboxylic acids is 1. The Morgan fingerprint density at radius 1 is 1.32 bits per heavy atom. The number of amides is 1. The van der Waals surface area contributed by atoms with Crippen molar-refractivity contribution in [3.8, 4) is 0 Å². The molecule has 1 aliphatic rings. The average molecular weight is 363 g/mol. The zero-order chi connectivity index (χ0) is 17.6. The molecule has 0 radical (unpaired) electrons. The van der Waals surface area contributed by atoms with Crippen LogP contribution in [-0.2, 0) is 11.3 Å². The van der Waals surface area contributed by atoms with Crippen LogP contribution in [0.2, 0.25) is 0 Å². The van der Waals surface area contributed by atoms with Gasteiger partial charge in [0.2, 0.25) is 5.91 Å². The molecule has 8 heteroatoms. The maximum absolute atomic E-state index is 11.7. The highest BCUT2D eigenvalue weighted by molar-refractivity contribution is 7.98. The van der Waals surface area contributed by atoms with Gasteiger partial charge in [-0.15, -0.1) is 0 Å². The number of anilines is 1. The largest absolute Gasteiger partial charge is 0.356 e. The Balaban J connectivity index is 1.75. The number of fused-ring (bicyclic) bond motifs is 1. The zero-order valence-electron chi connectivity index (χ0n) is 15.0. The molecule has 7 nitrogen and oxygen atoms in total. The Hall–Kier alpha value is -1.83. The van der Waals surface area contributed by atoms with E-state index < -0.39 is 0 Å². The van der Waals surface area contributed by atoms with E-state index in [9.17, 15) is 4.79 Å². The first-order valence-electron chi connectivity index (χ1n) is 9.02. The lowest BCUT2D eigenvalue weighted by molar-refractivity contribution is -0.121. The second-order valence-corrected chi connectivity index (χ2v) is 7.06. The zero-order valence-corrected chi connectivity index (χ0v) is 15.8. The van der Waals surface area contributed by atoms with E-state index >= 15 is 0 Å². The van der Waals surface area contributed by atoms with Gasteiger partial charge in [0, 0.05) is 26.1 Å². The summed E-state index contributed by atoms with van der Waals surface area (Å²) >= 11 is 1.55. The van der Waals surface area contributed by atoms with Crippen LogP contribution < -0.4 is 10.2 Å². The standard InChI is InChI=1S/C17H26N6OS/c1-3-4-7-14(24)18-8-11-23-16-13(12-19-23)15(20-17(21-16)25-2)22-9-5-6-10-22/h12H,3-11H2,1-2H3,(H,18,24). The molecule has 1 aliphatic heterocycles. The summed E-state index contributed by atoms with van der Waals surface area (Å²) < 4.78 is 1.87. The number of carbonyl (C=O) groups is 1. The van der Waals surface area contributed by atoms with Crippen molar-refractivity contribution in [2.24, 2.45) is 0 Å². The van der Waals surface area contributed by atoms with Crippen LogP contribution in [0.15, 0.2) is 11.4 Å². The van der Waals surface area contributed by atoms with Gasteiger partial charge < -0.3 is 10.2 Å². The van der Waals surface area contributed by atoms with Gasteiger partial charge >= 0.3 is 0 Å². The van der Waals surface area contributed by atoms with Gasteiger partial charge in [-0.25, -0.2) is 14.6 Å². The van der Waals surface area contributed by atoms with Gasteiger partial charge in [-0.05, 0) is 25.5 Å². The number of nitrogens with zero attached hydrogens (tertiary/aromatic N) is 5. The molecule has 2 aromatic heterocycles. The number of hydrogen-bond acceptors (Lipinski definition) is 6. The van der Waals surface area contributed by atoms with Gasteiger partial charge in [0.15, 0.2) is 10.8 Å². The van der Waals surface area contributed by atoms with Crippen molar-refractivity contribution in [1.29, 1.82) is 0 Å². The summed E-state index contributed by atoms with van der Waals surface area (Å²) in [5.74, 6) is 1.10. The summed E-state index contributed by atoms with van der Waals surface area (Å²) in [5, 5.41) is 9.21. The maximum Gasteiger partial charge on any atom is 0.220 e. The molecule has 136 valence electrons. The molecule has 0 unspecified atom stereocenters. The smallest absolute Gasteiger partial charge is 0.220 e. The predicted octanol–water partition coefficient (Wildman–Crippen LogP) is 2.45. The Labute approximate surface area is 152 Å². The molecule has 3 heterocycles. The number of hydrogen-bond donors (Lipinski definition) is 1. The fourth-order valence-corrected chi connectivity index (χ4v) is 3.43. The van der Waals surface area contributed by atoms with Crippen LogP contribution in [0.25, 0.3) is 11.0 Å². The number of aromatic nitrogens is 4. The Kier molecular flexibility index (Phi) is 6.12. The number of unbranched alkanes of at least 4 members (excludes halogenated alkanes) is 1. The maximum atomic E-state index is 11.7. The molecule has 0 saturated carbocycles. The molecule has 0 aromatic carbocycles. The summed E-state index contributed by atoms with van der Waals surface area (Å²) in [5.41, 5.74) is 0.851. The fourth-order valence-electron chi connectivity index (χ4n) is 3.07. The Morgan fingerprint density at radius 2 is 2.12 bits per heavy atom. The molecule has 2 aromatic rings. The fraction of sp³-hybridized carbons (Fsp3) is 0.647. The van der Waals surface area contributed by atoms with Crippen molar-refractivity contribution in [2.75, 3.05) is 30.8 Å². The van der Waals surface area contributed by atoms with Crippen LogP contribution in [-0.4, -0.2) is 51.5 Å². The lowest BCUT2D eigenvalue weighted by Gasteiger charge is -2.17. The van der Waals surface area contributed by atoms with Crippen LogP contribution in [0.1, 0.15) is 39.0 Å². The molecule has 25 heavy (non-hydrogen) atoms. The third-order valence-electron chi connectivity index (χ3n) is 4.45. The van der Waals surface area contributed by atoms with E-state index in [1.807, 2.05) is 17.1 Å². The van der Waals surface area contributed by atoms with Crippen molar-refractivity contribution < 1.29 is 4.79 Å². The predicted molar refractivity (Wildman–Crippen MR) is 101 cm³/mol. The Morgan fingerprint density at radius 3 is 2.84 bits per heavy atom. The minimum atomic E-state index is 0.107. The second-order valence-electron chi connectivity index (χ2n) is 6.29. The molecular weight excluding hydrogens is 336 g/mol. The summed E-state index contributed by atoms with van der Waals surface area (Å²) in [4.78, 5) is 23.4. The molecule has 0 atom stereocenters. The van der Waals surface area contributed by atoms with E-state index in [0.29, 0.717) is 19.5 Å². The van der Waals surface area contributed by atoms with Gasteiger partial charge in [-0.1, -0.05) is 25.1 Å². The number of thioether (sulfide) groups is 1. The van der Waals surface area contributed by atoms with Crippen LogP contribution in [0.4, 0.5) is 5.82 Å². The average Bonchev–Trinajstić information content (AvgIpc) is 3.29. The molecule has 1 N–H and O–H groups in total. The second kappa shape index (κ2) is 8.51. The molecule has 0 aliphatic carbocycles. The number of rotatable bonds is 8. The minimum Gasteiger partial charge on any atom is -0.356 e. The van der Waals surface area contributed by atoms with Gasteiger partial charge in [0.25, 0.3) is 0 Å². The summed E-state index contributed by atoms with van der Waals surface area (Å²) in [6.07, 6.45) is 8.81. The van der Waals surface area contributed by atoms with Crippen molar-refractivity contribution in [3.63, 3.8) is 0 Å². The lowest BCUT2D eigenvalue weighted by Crippen LogP contribution is -2.27. The normalized spacial score (nSPS) is 14.4. The molecular formula is C17H26N6OS. The van der Waals surface area contributed by atoms with E-state index in [2.05, 4.69) is 27.2 Å². The molecule has 1 fully saturated rings. The quantitative estimate of drug-likeness (QED) is 0.574. The van der Waals surface area contributed by atoms with E-state index in [-0.39, 0.29) is 5.91 Å². The minimum absolute atomic E-state index is 0.107. The van der Waals surface area contributed by atoms with Crippen molar-refractivity contribution in [3.05, 3.63) is 6.20 Å². The van der Waals surface area contributed by atoms with Crippen molar-refractivity contribution in [1.82, 2.24) is 25.1 Å². The number of nitrogens with one attached hydrogen (secondary N) is 1. The summed E-state index contributed by atoms with van der Waals surface area (Å²) in [6.45, 7) is 5.35. The SMILES string of the molecule is CCCCC(=O)NCCn1ncc2c(N3CCCC3)nc(SC)nc21. The van der Waals surface area contributed by atoms with Crippen molar-refractivity contribution in [2.45, 2.75) is 50.7 Å². The lowest BCUT2D eigenvalue weighted by atomic mass is 10.2. The molecule has 1 amide bonds. The van der Waals surface area contributed by atoms with Crippen molar-refractivity contribution >= 4 is 34.5 Å². The molecule has 0 spiro atoms. The topological polar surface area (TPSA) is 75.9 Å². The van der Waals surface area contributed by atoms with Crippen LogP contribution in [0.3, 0.4) is 0 Å². The summed E-state index contributed by atoms with van der Waals surface area (Å²) in [7, 11) is 0. The summed E-state index contributed by atoms with van der Waals surface area (Å²) in [6, 6.07) is 0. The first-order chi connectivity index (χ1) is 12.2. The molecule has 0 bridgehead atoms. The molecule has 1 saturated heterocycles. The Bertz CT molecular complexity index is 725. The van der Waals surface area contributed by atoms with Crippen LogP contribution in [0, 0.1) is 0 Å². The molecule has 3 rings (SSSR count). The first-order valence-corrected chi connectivity index (χ1v) is 10.2. The van der Waals surface area contributed by atoms with Crippen LogP contribution in [0.5, 0.6) is 0 Å². The van der Waals surface area contributed by atoms with E-state index in [1.54, 1.807) is 11.8 Å². The highest BCUT2D eigenvalue weighted by Gasteiger charge is 2.20. The monoisotopic (exact) mass is 362 g/mol. The van der Waals surface area contributed by atoms with E-state index in [1.165, 1.54) is 12.8 Å². The van der Waals surface area contributed by atoms with Gasteiger partial charge in [0.05, 0.1) is 18.1 Å². The van der Waals surface area contributed by atoms with Crippen LogP contribution >= 0.6 is 11.8 Å². The van der Waals surface area contributed by atoms with Gasteiger partial charge in [-0.3, -0.25) is 4.79 Å². The van der Waals surface area contributed by atoms with E-state index in [0.717, 1.165) is 47.9 Å². The third kappa shape index (κ3) is 4.23. The van der Waals surface area contributed by atoms with Gasteiger partial charge in [-0.2, -0.15) is 5.10 Å². The first kappa shape index (κ1) is 18.0. The highest BCUT2D eigenvalue weighted by Crippen LogP contribution is 2.28. The van der Waals surface area contributed by atoms with Gasteiger partial charge in [0.1, 0.15) is 5.82 Å². The third-order valence-corrected chi connectivity index (χ3v) is 4.99. The highest BCUT2D eigenvalue weighted by atomic mass is 32.2. The van der Waals surface area contributed by atoms with E-state index in [4.69, 9.17) is 4.98 Å².